The first-order valence-electron chi connectivity index (χ1n) is 6.95. The number of nitrogens with zero attached hydrogens (tertiary/aromatic N) is 1. The van der Waals surface area contributed by atoms with Crippen LogP contribution in [0.1, 0.15) is 5.56 Å². The minimum absolute atomic E-state index is 0.140. The number of nitrogens with one attached hydrogen (secondary N) is 2. The number of aromatic nitrogens is 2. The highest BCUT2D eigenvalue weighted by Gasteiger charge is 2.10. The smallest absolute Gasteiger partial charge is 0.228 e. The Balaban J connectivity index is 1.78. The minimum atomic E-state index is -0.140. The molecule has 2 N–H and O–H groups in total. The van der Waals surface area contributed by atoms with Crippen LogP contribution in [-0.2, 0) is 11.2 Å². The van der Waals surface area contributed by atoms with Crippen molar-refractivity contribution < 1.29 is 4.79 Å². The molecule has 0 bridgehead atoms. The molecule has 6 heteroatoms. The Morgan fingerprint density at radius 1 is 1.13 bits per heavy atom. The predicted molar refractivity (Wildman–Crippen MR) is 92.8 cm³/mol. The highest BCUT2D eigenvalue weighted by molar-refractivity contribution is 6.34. The van der Waals surface area contributed by atoms with Crippen LogP contribution in [0.15, 0.2) is 54.9 Å². The molecule has 1 amide bonds. The number of amides is 1. The summed E-state index contributed by atoms with van der Waals surface area (Å²) in [7, 11) is 0. The van der Waals surface area contributed by atoms with Gasteiger partial charge in [0.25, 0.3) is 0 Å². The molecule has 0 fully saturated rings. The zero-order valence-electron chi connectivity index (χ0n) is 12.0. The second-order valence-corrected chi connectivity index (χ2v) is 5.91. The van der Waals surface area contributed by atoms with Crippen LogP contribution in [0.5, 0.6) is 0 Å². The fourth-order valence-electron chi connectivity index (χ4n) is 2.33. The number of carbonyl (C=O) groups excluding carboxylic acids is 1. The zero-order chi connectivity index (χ0) is 16.2. The van der Waals surface area contributed by atoms with E-state index in [1.54, 1.807) is 30.6 Å². The minimum Gasteiger partial charge on any atom is -0.325 e. The molecule has 0 radical (unpaired) electrons. The van der Waals surface area contributed by atoms with Gasteiger partial charge in [0.15, 0.2) is 0 Å². The molecule has 4 nitrogen and oxygen atoms in total. The third kappa shape index (κ3) is 3.92. The average molecular weight is 346 g/mol. The Bertz CT molecular complexity index is 811. The van der Waals surface area contributed by atoms with E-state index in [0.717, 1.165) is 22.4 Å². The second kappa shape index (κ2) is 6.86. The topological polar surface area (TPSA) is 57.8 Å². The van der Waals surface area contributed by atoms with Crippen molar-refractivity contribution in [3.05, 3.63) is 70.5 Å². The van der Waals surface area contributed by atoms with Crippen LogP contribution in [0, 0.1) is 0 Å². The molecule has 0 saturated heterocycles. The highest BCUT2D eigenvalue weighted by Crippen LogP contribution is 2.27. The summed E-state index contributed by atoms with van der Waals surface area (Å²) in [5.41, 5.74) is 3.30. The quantitative estimate of drug-likeness (QED) is 0.727. The van der Waals surface area contributed by atoms with E-state index in [1.807, 2.05) is 24.3 Å². The van der Waals surface area contributed by atoms with Gasteiger partial charge in [0.1, 0.15) is 0 Å². The Morgan fingerprint density at radius 2 is 1.87 bits per heavy atom. The van der Waals surface area contributed by atoms with Gasteiger partial charge in [-0.2, -0.15) is 5.10 Å². The van der Waals surface area contributed by atoms with E-state index in [2.05, 4.69) is 15.5 Å². The Morgan fingerprint density at radius 3 is 2.57 bits per heavy atom. The summed E-state index contributed by atoms with van der Waals surface area (Å²) in [6.07, 6.45) is 3.68. The molecule has 1 heterocycles. The molecule has 3 rings (SSSR count). The lowest BCUT2D eigenvalue weighted by Gasteiger charge is -2.10. The third-order valence-electron chi connectivity index (χ3n) is 3.30. The van der Waals surface area contributed by atoms with Crippen LogP contribution in [0.3, 0.4) is 0 Å². The first kappa shape index (κ1) is 15.6. The van der Waals surface area contributed by atoms with Gasteiger partial charge in [-0.3, -0.25) is 9.89 Å². The van der Waals surface area contributed by atoms with Crippen molar-refractivity contribution >= 4 is 34.8 Å². The summed E-state index contributed by atoms with van der Waals surface area (Å²) < 4.78 is 0. The van der Waals surface area contributed by atoms with Gasteiger partial charge in [0.05, 0.1) is 12.6 Å². The SMILES string of the molecule is O=C(Cc1cc(Cl)cc(Cl)c1)Nc1ccccc1-c1cn[nH]c1. The Hall–Kier alpha value is -2.30. The first-order valence-corrected chi connectivity index (χ1v) is 7.70. The highest BCUT2D eigenvalue weighted by atomic mass is 35.5. The molecule has 0 unspecified atom stereocenters. The van der Waals surface area contributed by atoms with Gasteiger partial charge in [0.2, 0.25) is 5.91 Å². The Kier molecular flexibility index (Phi) is 4.65. The maximum absolute atomic E-state index is 12.3. The van der Waals surface area contributed by atoms with Crippen LogP contribution >= 0.6 is 23.2 Å². The van der Waals surface area contributed by atoms with Crippen molar-refractivity contribution in [2.75, 3.05) is 5.32 Å². The number of aromatic amines is 1. The summed E-state index contributed by atoms with van der Waals surface area (Å²) >= 11 is 11.9. The number of H-pyrrole nitrogens is 1. The third-order valence-corrected chi connectivity index (χ3v) is 3.73. The molecular formula is C17H13Cl2N3O. The number of carbonyl (C=O) groups is 1. The van der Waals surface area contributed by atoms with Crippen molar-refractivity contribution in [3.63, 3.8) is 0 Å². The monoisotopic (exact) mass is 345 g/mol. The van der Waals surface area contributed by atoms with E-state index >= 15 is 0 Å². The lowest BCUT2D eigenvalue weighted by molar-refractivity contribution is -0.115. The maximum atomic E-state index is 12.3. The zero-order valence-corrected chi connectivity index (χ0v) is 13.5. The average Bonchev–Trinajstić information content (AvgIpc) is 3.00. The van der Waals surface area contributed by atoms with Crippen molar-refractivity contribution in [1.82, 2.24) is 10.2 Å². The molecule has 3 aromatic rings. The number of hydrogen-bond acceptors (Lipinski definition) is 2. The Labute approximate surface area is 143 Å². The van der Waals surface area contributed by atoms with Crippen molar-refractivity contribution in [2.24, 2.45) is 0 Å². The largest absolute Gasteiger partial charge is 0.325 e. The molecule has 1 aromatic heterocycles. The lowest BCUT2D eigenvalue weighted by atomic mass is 10.1. The van der Waals surface area contributed by atoms with E-state index in [9.17, 15) is 4.79 Å². The van der Waals surface area contributed by atoms with Gasteiger partial charge in [0, 0.05) is 33.1 Å². The molecular weight excluding hydrogens is 333 g/mol. The summed E-state index contributed by atoms with van der Waals surface area (Å²) in [5.74, 6) is -0.140. The molecule has 2 aromatic carbocycles. The molecule has 23 heavy (non-hydrogen) atoms. The molecule has 0 aliphatic rings. The van der Waals surface area contributed by atoms with Crippen molar-refractivity contribution in [2.45, 2.75) is 6.42 Å². The second-order valence-electron chi connectivity index (χ2n) is 5.04. The normalized spacial score (nSPS) is 10.5. The lowest BCUT2D eigenvalue weighted by Crippen LogP contribution is -2.15. The van der Waals surface area contributed by atoms with Crippen LogP contribution in [0.2, 0.25) is 10.0 Å². The van der Waals surface area contributed by atoms with Gasteiger partial charge in [-0.15, -0.1) is 0 Å². The number of hydrogen-bond donors (Lipinski definition) is 2. The number of benzene rings is 2. The molecule has 0 aliphatic carbocycles. The summed E-state index contributed by atoms with van der Waals surface area (Å²) in [6.45, 7) is 0. The van der Waals surface area contributed by atoms with Gasteiger partial charge >= 0.3 is 0 Å². The van der Waals surface area contributed by atoms with Crippen molar-refractivity contribution in [1.29, 1.82) is 0 Å². The van der Waals surface area contributed by atoms with E-state index < -0.39 is 0 Å². The number of halogens is 2. The van der Waals surface area contributed by atoms with Crippen molar-refractivity contribution in [3.8, 4) is 11.1 Å². The standard InChI is InChI=1S/C17H13Cl2N3O/c18-13-5-11(6-14(19)8-13)7-17(23)22-16-4-2-1-3-15(16)12-9-20-21-10-12/h1-6,8-10H,7H2,(H,20,21)(H,22,23). The summed E-state index contributed by atoms with van der Waals surface area (Å²) in [6, 6.07) is 12.7. The molecule has 0 aliphatic heterocycles. The molecule has 0 atom stereocenters. The van der Waals surface area contributed by atoms with E-state index in [-0.39, 0.29) is 12.3 Å². The summed E-state index contributed by atoms with van der Waals surface area (Å²) in [5, 5.41) is 10.7. The van der Waals surface area contributed by atoms with Crippen LogP contribution < -0.4 is 5.32 Å². The maximum Gasteiger partial charge on any atom is 0.228 e. The van der Waals surface area contributed by atoms with E-state index in [0.29, 0.717) is 10.0 Å². The van der Waals surface area contributed by atoms with E-state index in [4.69, 9.17) is 23.2 Å². The predicted octanol–water partition coefficient (Wildman–Crippen LogP) is 4.56. The van der Waals surface area contributed by atoms with E-state index in [1.165, 1.54) is 0 Å². The fraction of sp³-hybridized carbons (Fsp3) is 0.0588. The molecule has 116 valence electrons. The summed E-state index contributed by atoms with van der Waals surface area (Å²) in [4.78, 5) is 12.3. The number of anilines is 1. The van der Waals surface area contributed by atoms with Gasteiger partial charge < -0.3 is 5.32 Å². The van der Waals surface area contributed by atoms with Gasteiger partial charge in [-0.25, -0.2) is 0 Å². The first-order chi connectivity index (χ1) is 11.1. The number of para-hydroxylation sites is 1. The molecule has 0 spiro atoms. The van der Waals surface area contributed by atoms with Crippen LogP contribution in [0.4, 0.5) is 5.69 Å². The fourth-order valence-corrected chi connectivity index (χ4v) is 2.91. The van der Waals surface area contributed by atoms with Gasteiger partial charge in [-0.1, -0.05) is 41.4 Å². The molecule has 0 saturated carbocycles. The van der Waals surface area contributed by atoms with Crippen LogP contribution in [0.25, 0.3) is 11.1 Å². The van der Waals surface area contributed by atoms with Crippen LogP contribution in [-0.4, -0.2) is 16.1 Å². The number of rotatable bonds is 4. The van der Waals surface area contributed by atoms with Gasteiger partial charge in [-0.05, 0) is 29.8 Å².